The maximum atomic E-state index is 9.22. The number of nitrogens with zero attached hydrogens (tertiary/aromatic N) is 2. The second-order valence-electron chi connectivity index (χ2n) is 4.29. The molecule has 1 aliphatic rings. The average molecular weight is 287 g/mol. The molecule has 0 atom stereocenters. The van der Waals surface area contributed by atoms with Crippen LogP contribution in [0.25, 0.3) is 0 Å². The van der Waals surface area contributed by atoms with Gasteiger partial charge in [0.05, 0.1) is 10.4 Å². The molecule has 0 saturated carbocycles. The van der Waals surface area contributed by atoms with Crippen LogP contribution in [0.15, 0.2) is 12.1 Å². The van der Waals surface area contributed by atoms with Crippen molar-refractivity contribution in [2.75, 3.05) is 19.3 Å². The molecule has 1 aliphatic heterocycles. The van der Waals surface area contributed by atoms with Crippen molar-refractivity contribution >= 4 is 34.7 Å². The Labute approximate surface area is 116 Å². The Morgan fingerprint density at radius 2 is 2.24 bits per heavy atom. The van der Waals surface area contributed by atoms with E-state index in [1.165, 1.54) is 4.88 Å². The fourth-order valence-electron chi connectivity index (χ4n) is 2.09. The van der Waals surface area contributed by atoms with Gasteiger partial charge in [-0.2, -0.15) is 5.26 Å². The van der Waals surface area contributed by atoms with Gasteiger partial charge in [-0.1, -0.05) is 11.6 Å². The summed E-state index contributed by atoms with van der Waals surface area (Å²) < 4.78 is 0.705. The lowest BCUT2D eigenvalue weighted by Gasteiger charge is -2.35. The van der Waals surface area contributed by atoms with Crippen LogP contribution >= 0.6 is 34.7 Å². The van der Waals surface area contributed by atoms with Gasteiger partial charge in [-0.05, 0) is 31.2 Å². The largest absolute Gasteiger partial charge is 0.298 e. The third-order valence-electron chi connectivity index (χ3n) is 3.27. The summed E-state index contributed by atoms with van der Waals surface area (Å²) in [5.74, 6) is 0. The highest BCUT2D eigenvalue weighted by Crippen LogP contribution is 2.34. The van der Waals surface area contributed by atoms with Crippen molar-refractivity contribution in [1.82, 2.24) is 4.90 Å². The highest BCUT2D eigenvalue weighted by molar-refractivity contribution is 8.00. The van der Waals surface area contributed by atoms with Gasteiger partial charge in [0, 0.05) is 24.5 Å². The summed E-state index contributed by atoms with van der Waals surface area (Å²) in [6.45, 7) is 2.97. The molecule has 1 fully saturated rings. The molecule has 2 nitrogen and oxygen atoms in total. The molecule has 92 valence electrons. The SMILES string of the molecule is CSC1(C#N)CCN(Cc2ccc(Cl)s2)CC1. The Bertz CT molecular complexity index is 416. The van der Waals surface area contributed by atoms with E-state index in [2.05, 4.69) is 17.0 Å². The fraction of sp³-hybridized carbons (Fsp3) is 0.583. The van der Waals surface area contributed by atoms with Crippen molar-refractivity contribution in [1.29, 1.82) is 5.26 Å². The summed E-state index contributed by atoms with van der Waals surface area (Å²) in [5, 5.41) is 9.22. The van der Waals surface area contributed by atoms with Gasteiger partial charge in [0.15, 0.2) is 0 Å². The topological polar surface area (TPSA) is 27.0 Å². The first-order chi connectivity index (χ1) is 8.17. The number of thiophene rings is 1. The summed E-state index contributed by atoms with van der Waals surface area (Å²) in [6, 6.07) is 6.52. The number of piperidine rings is 1. The number of hydrogen-bond donors (Lipinski definition) is 0. The van der Waals surface area contributed by atoms with E-state index in [0.717, 1.165) is 36.8 Å². The van der Waals surface area contributed by atoms with Crippen molar-refractivity contribution in [3.63, 3.8) is 0 Å². The zero-order valence-corrected chi connectivity index (χ0v) is 12.2. The van der Waals surface area contributed by atoms with Gasteiger partial charge in [-0.3, -0.25) is 4.90 Å². The quantitative estimate of drug-likeness (QED) is 0.849. The molecule has 5 heteroatoms. The van der Waals surface area contributed by atoms with Gasteiger partial charge >= 0.3 is 0 Å². The highest BCUT2D eigenvalue weighted by atomic mass is 35.5. The van der Waals surface area contributed by atoms with Crippen molar-refractivity contribution < 1.29 is 0 Å². The first kappa shape index (κ1) is 13.2. The van der Waals surface area contributed by atoms with E-state index < -0.39 is 0 Å². The molecular weight excluding hydrogens is 272 g/mol. The molecule has 2 rings (SSSR count). The first-order valence-corrected chi connectivity index (χ1v) is 8.02. The monoisotopic (exact) mass is 286 g/mol. The van der Waals surface area contributed by atoms with E-state index in [0.29, 0.717) is 0 Å². The third-order valence-corrected chi connectivity index (χ3v) is 5.76. The van der Waals surface area contributed by atoms with Gasteiger partial charge in [-0.15, -0.1) is 23.1 Å². The number of nitriles is 1. The average Bonchev–Trinajstić information content (AvgIpc) is 2.76. The molecule has 0 unspecified atom stereocenters. The lowest BCUT2D eigenvalue weighted by molar-refractivity contribution is 0.211. The van der Waals surface area contributed by atoms with E-state index in [4.69, 9.17) is 11.6 Å². The molecule has 2 heterocycles. The summed E-state index contributed by atoms with van der Waals surface area (Å²) >= 11 is 9.27. The maximum absolute atomic E-state index is 9.22. The summed E-state index contributed by atoms with van der Waals surface area (Å²) in [4.78, 5) is 3.72. The van der Waals surface area contributed by atoms with Crippen LogP contribution in [0.4, 0.5) is 0 Å². The van der Waals surface area contributed by atoms with Crippen LogP contribution in [0.3, 0.4) is 0 Å². The van der Waals surface area contributed by atoms with Crippen LogP contribution in [0.1, 0.15) is 17.7 Å². The first-order valence-electron chi connectivity index (χ1n) is 5.60. The predicted molar refractivity (Wildman–Crippen MR) is 75.7 cm³/mol. The smallest absolute Gasteiger partial charge is 0.104 e. The van der Waals surface area contributed by atoms with E-state index in [1.54, 1.807) is 23.1 Å². The van der Waals surface area contributed by atoms with Crippen LogP contribution in [0, 0.1) is 11.3 Å². The summed E-state index contributed by atoms with van der Waals surface area (Å²) in [5.41, 5.74) is 0. The lowest BCUT2D eigenvalue weighted by Crippen LogP contribution is -2.40. The molecule has 0 aromatic carbocycles. The standard InChI is InChI=1S/C12H15ClN2S2/c1-16-12(9-14)4-6-15(7-5-12)8-10-2-3-11(13)17-10/h2-3H,4-8H2,1H3. The van der Waals surface area contributed by atoms with E-state index in [9.17, 15) is 5.26 Å². The number of rotatable bonds is 3. The van der Waals surface area contributed by atoms with Crippen LogP contribution in [-0.4, -0.2) is 29.0 Å². The zero-order chi connectivity index (χ0) is 12.3. The second-order valence-corrected chi connectivity index (χ2v) is 7.28. The minimum atomic E-state index is -0.149. The minimum Gasteiger partial charge on any atom is -0.298 e. The minimum absolute atomic E-state index is 0.149. The number of hydrogen-bond acceptors (Lipinski definition) is 4. The normalized spacial score (nSPS) is 20.1. The number of likely N-dealkylation sites (tertiary alicyclic amines) is 1. The zero-order valence-electron chi connectivity index (χ0n) is 9.78. The van der Waals surface area contributed by atoms with Gasteiger partial charge in [0.1, 0.15) is 4.75 Å². The maximum Gasteiger partial charge on any atom is 0.104 e. The van der Waals surface area contributed by atoms with Crippen molar-refractivity contribution in [3.05, 3.63) is 21.3 Å². The summed E-state index contributed by atoms with van der Waals surface area (Å²) in [6.07, 6.45) is 3.96. The van der Waals surface area contributed by atoms with Gasteiger partial charge < -0.3 is 0 Å². The molecule has 1 saturated heterocycles. The van der Waals surface area contributed by atoms with Crippen molar-refractivity contribution in [3.8, 4) is 6.07 Å². The van der Waals surface area contributed by atoms with Crippen LogP contribution in [-0.2, 0) is 6.54 Å². The Morgan fingerprint density at radius 3 is 2.71 bits per heavy atom. The molecule has 0 bridgehead atoms. The Kier molecular flexibility index (Phi) is 4.37. The molecule has 0 aliphatic carbocycles. The van der Waals surface area contributed by atoms with Crippen LogP contribution in [0.5, 0.6) is 0 Å². The fourth-order valence-corrected chi connectivity index (χ4v) is 3.90. The molecule has 1 aromatic rings. The van der Waals surface area contributed by atoms with Gasteiger partial charge in [0.25, 0.3) is 0 Å². The van der Waals surface area contributed by atoms with Crippen molar-refractivity contribution in [2.24, 2.45) is 0 Å². The van der Waals surface area contributed by atoms with Gasteiger partial charge in [-0.25, -0.2) is 0 Å². The lowest BCUT2D eigenvalue weighted by atomic mass is 9.97. The molecular formula is C12H15ClN2S2. The second kappa shape index (κ2) is 5.62. The van der Waals surface area contributed by atoms with Gasteiger partial charge in [0.2, 0.25) is 0 Å². The van der Waals surface area contributed by atoms with Crippen LogP contribution < -0.4 is 0 Å². The molecule has 1 aromatic heterocycles. The molecule has 0 N–H and O–H groups in total. The Hall–Kier alpha value is -0.210. The molecule has 17 heavy (non-hydrogen) atoms. The van der Waals surface area contributed by atoms with Crippen LogP contribution in [0.2, 0.25) is 4.34 Å². The Balaban J connectivity index is 1.90. The Morgan fingerprint density at radius 1 is 1.53 bits per heavy atom. The predicted octanol–water partition coefficient (Wildman–Crippen LogP) is 3.62. The summed E-state index contributed by atoms with van der Waals surface area (Å²) in [7, 11) is 0. The van der Waals surface area contributed by atoms with Crippen molar-refractivity contribution in [2.45, 2.75) is 24.1 Å². The van der Waals surface area contributed by atoms with E-state index in [-0.39, 0.29) is 4.75 Å². The molecule has 0 radical (unpaired) electrons. The molecule has 0 spiro atoms. The third kappa shape index (κ3) is 3.17. The van der Waals surface area contributed by atoms with E-state index >= 15 is 0 Å². The molecule has 0 amide bonds. The number of thioether (sulfide) groups is 1. The highest BCUT2D eigenvalue weighted by Gasteiger charge is 2.33. The van der Waals surface area contributed by atoms with E-state index in [1.807, 2.05) is 12.3 Å². The number of halogens is 1.